The largest absolute Gasteiger partial charge is 0.418 e. The lowest BCUT2D eigenvalue weighted by molar-refractivity contribution is -0.137. The number of rotatable bonds is 4. The van der Waals surface area contributed by atoms with Crippen molar-refractivity contribution in [3.63, 3.8) is 0 Å². The topological polar surface area (TPSA) is 12.9 Å². The summed E-state index contributed by atoms with van der Waals surface area (Å²) in [6.45, 7) is 11.0. The second-order valence-electron chi connectivity index (χ2n) is 14.0. The van der Waals surface area contributed by atoms with Gasteiger partial charge in [0, 0.05) is 13.1 Å². The Labute approximate surface area is 260 Å². The van der Waals surface area contributed by atoms with E-state index in [2.05, 4.69) is 51.7 Å². The minimum atomic E-state index is -4.55. The van der Waals surface area contributed by atoms with E-state index in [1.807, 2.05) is 60.7 Å². The molecule has 226 valence electrons. The van der Waals surface area contributed by atoms with Gasteiger partial charge in [-0.05, 0) is 105 Å². The summed E-state index contributed by atoms with van der Waals surface area (Å²) in [4.78, 5) is 4.32. The molecule has 0 spiro atoms. The zero-order valence-electron chi connectivity index (χ0n) is 27.1. The van der Waals surface area contributed by atoms with Crippen LogP contribution in [0.4, 0.5) is 13.2 Å². The summed E-state index contributed by atoms with van der Waals surface area (Å²) in [7, 11) is 0. The first kappa shape index (κ1) is 28.8. The van der Waals surface area contributed by atoms with E-state index in [1.165, 1.54) is 0 Å². The molecule has 0 radical (unpaired) electrons. The Morgan fingerprint density at radius 1 is 0.727 bits per heavy atom. The molecule has 0 bridgehead atoms. The molecule has 1 aromatic heterocycles. The van der Waals surface area contributed by atoms with Crippen LogP contribution in [0.2, 0.25) is 0 Å². The first-order valence-corrected chi connectivity index (χ1v) is 15.5. The van der Waals surface area contributed by atoms with Gasteiger partial charge in [-0.1, -0.05) is 107 Å². The molecule has 0 atom stereocenters. The molecule has 0 saturated heterocycles. The Kier molecular flexibility index (Phi) is 7.35. The Morgan fingerprint density at radius 3 is 1.93 bits per heavy atom. The number of aromatic nitrogens is 1. The second kappa shape index (κ2) is 11.2. The van der Waals surface area contributed by atoms with Crippen LogP contribution >= 0.6 is 0 Å². The van der Waals surface area contributed by atoms with Crippen LogP contribution in [0.25, 0.3) is 44.3 Å². The van der Waals surface area contributed by atoms with Crippen LogP contribution in [0.3, 0.4) is 0 Å². The quantitative estimate of drug-likeness (QED) is 0.202. The second-order valence-corrected chi connectivity index (χ2v) is 14.0. The van der Waals surface area contributed by atoms with Crippen molar-refractivity contribution < 1.29 is 14.5 Å². The van der Waals surface area contributed by atoms with Gasteiger partial charge < -0.3 is 0 Å². The Bertz CT molecular complexity index is 1840. The van der Waals surface area contributed by atoms with Gasteiger partial charge in [0.15, 0.2) is 0 Å². The maximum Gasteiger partial charge on any atom is 0.418 e. The molecule has 0 N–H and O–H groups in total. The van der Waals surface area contributed by atoms with Gasteiger partial charge >= 0.3 is 6.18 Å². The number of hydrogen-bond acceptors (Lipinski definition) is 1. The van der Waals surface area contributed by atoms with Gasteiger partial charge in [0.2, 0.25) is 0 Å². The van der Waals surface area contributed by atoms with E-state index in [9.17, 15) is 13.2 Å². The van der Waals surface area contributed by atoms with Gasteiger partial charge in [-0.2, -0.15) is 13.2 Å². The van der Waals surface area contributed by atoms with Crippen molar-refractivity contribution in [3.05, 3.63) is 114 Å². The summed E-state index contributed by atoms with van der Waals surface area (Å²) in [5.41, 5.74) is 5.31. The van der Waals surface area contributed by atoms with E-state index in [4.69, 9.17) is 1.37 Å². The van der Waals surface area contributed by atoms with E-state index in [0.29, 0.717) is 16.7 Å². The highest BCUT2D eigenvalue weighted by Gasteiger charge is 2.35. The molecule has 1 fully saturated rings. The van der Waals surface area contributed by atoms with Gasteiger partial charge in [-0.15, -0.1) is 0 Å². The van der Waals surface area contributed by atoms with Crippen molar-refractivity contribution in [1.82, 2.24) is 4.98 Å². The normalized spacial score (nSPS) is 17.0. The molecular weight excluding hydrogens is 551 g/mol. The fourth-order valence-electron chi connectivity index (χ4n) is 6.41. The van der Waals surface area contributed by atoms with Gasteiger partial charge in [0.25, 0.3) is 0 Å². The Balaban J connectivity index is 1.35. The molecule has 5 aromatic rings. The van der Waals surface area contributed by atoms with Crippen LogP contribution in [0.5, 0.6) is 0 Å². The smallest absolute Gasteiger partial charge is 0.256 e. The molecule has 0 aliphatic heterocycles. The first-order valence-electron chi connectivity index (χ1n) is 16.0. The Morgan fingerprint density at radius 2 is 1.32 bits per heavy atom. The molecule has 1 heterocycles. The van der Waals surface area contributed by atoms with E-state index in [1.54, 1.807) is 18.2 Å². The van der Waals surface area contributed by atoms with Crippen LogP contribution in [-0.4, -0.2) is 4.98 Å². The average molecular weight is 593 g/mol. The fraction of sp³-hybridized carbons (Fsp3) is 0.325. The van der Waals surface area contributed by atoms with Gasteiger partial charge in [-0.3, -0.25) is 4.98 Å². The predicted molar refractivity (Wildman–Crippen MR) is 177 cm³/mol. The predicted octanol–water partition coefficient (Wildman–Crippen LogP) is 12.2. The number of fused-ring (bicyclic) bond motifs is 1. The van der Waals surface area contributed by atoms with Crippen molar-refractivity contribution >= 4 is 10.8 Å². The van der Waals surface area contributed by atoms with E-state index < -0.39 is 17.6 Å². The van der Waals surface area contributed by atoms with Crippen LogP contribution in [0, 0.1) is 5.41 Å². The molecule has 0 unspecified atom stereocenters. The monoisotopic (exact) mass is 592 g/mol. The van der Waals surface area contributed by atoms with Crippen LogP contribution < -0.4 is 0 Å². The molecule has 44 heavy (non-hydrogen) atoms. The van der Waals surface area contributed by atoms with E-state index in [-0.39, 0.29) is 11.0 Å². The van der Waals surface area contributed by atoms with Gasteiger partial charge in [0.05, 0.1) is 11.3 Å². The molecule has 1 aliphatic carbocycles. The zero-order valence-corrected chi connectivity index (χ0v) is 26.1. The SMILES string of the molecule is [2H]C1(c2ccc(-c3ccc(-c4cc(-c5cc(C(C)(C)C)c6ccccc6c5)ncc4C(F)(F)F)cc3)cc2)CCC(C)(C)CC1. The molecule has 1 aliphatic rings. The summed E-state index contributed by atoms with van der Waals surface area (Å²) < 4.78 is 51.8. The van der Waals surface area contributed by atoms with Crippen molar-refractivity contribution in [3.8, 4) is 33.5 Å². The van der Waals surface area contributed by atoms with Crippen LogP contribution in [0.1, 0.15) is 84.3 Å². The molecular formula is C40H40F3N. The van der Waals surface area contributed by atoms with Crippen molar-refractivity contribution in [2.24, 2.45) is 5.41 Å². The molecule has 1 nitrogen and oxygen atoms in total. The van der Waals surface area contributed by atoms with Crippen molar-refractivity contribution in [2.75, 3.05) is 0 Å². The Hall–Kier alpha value is -3.92. The third-order valence-electron chi connectivity index (χ3n) is 9.20. The number of alkyl halides is 3. The minimum Gasteiger partial charge on any atom is -0.256 e. The summed E-state index contributed by atoms with van der Waals surface area (Å²) >= 11 is 0. The maximum absolute atomic E-state index is 14.3. The summed E-state index contributed by atoms with van der Waals surface area (Å²) in [5.74, 6) is -0.566. The maximum atomic E-state index is 14.3. The van der Waals surface area contributed by atoms with Gasteiger partial charge in [-0.25, -0.2) is 0 Å². The lowest BCUT2D eigenvalue weighted by Crippen LogP contribution is -2.20. The summed E-state index contributed by atoms with van der Waals surface area (Å²) in [6, 6.07) is 29.1. The zero-order chi connectivity index (χ0) is 32.2. The fourth-order valence-corrected chi connectivity index (χ4v) is 6.41. The van der Waals surface area contributed by atoms with E-state index >= 15 is 0 Å². The standard InChI is InChI=1S/C40H40F3N/c1-38(2,3)35-23-32(22-31-8-6-7-9-33(31)35)37-24-34(36(25-44-37)40(41,42)43)30-16-14-27(15-17-30)26-10-12-28(13-11-26)29-18-20-39(4,5)21-19-29/h6-17,22-25,29H,18-21H2,1-5H3/i29D. The molecule has 0 amide bonds. The summed E-state index contributed by atoms with van der Waals surface area (Å²) in [6.07, 6.45) is 0.187. The third-order valence-corrected chi connectivity index (χ3v) is 9.20. The highest BCUT2D eigenvalue weighted by atomic mass is 19.4. The molecule has 4 aromatic carbocycles. The number of pyridine rings is 1. The first-order chi connectivity index (χ1) is 21.1. The number of nitrogens with zero attached hydrogens (tertiary/aromatic N) is 1. The molecule has 1 saturated carbocycles. The molecule has 6 rings (SSSR count). The van der Waals surface area contributed by atoms with Gasteiger partial charge in [0.1, 0.15) is 0 Å². The molecule has 4 heteroatoms. The highest BCUT2D eigenvalue weighted by molar-refractivity contribution is 5.91. The van der Waals surface area contributed by atoms with E-state index in [0.717, 1.165) is 70.5 Å². The van der Waals surface area contributed by atoms with Crippen LogP contribution in [-0.2, 0) is 11.6 Å². The number of halogens is 3. The number of hydrogen-bond donors (Lipinski definition) is 0. The highest BCUT2D eigenvalue weighted by Crippen LogP contribution is 2.43. The average Bonchev–Trinajstić information content (AvgIpc) is 3.01. The van der Waals surface area contributed by atoms with Crippen molar-refractivity contribution in [1.29, 1.82) is 0 Å². The summed E-state index contributed by atoms with van der Waals surface area (Å²) in [5, 5.41) is 2.16. The lowest BCUT2D eigenvalue weighted by Gasteiger charge is -2.34. The minimum absolute atomic E-state index is 0.108. The van der Waals surface area contributed by atoms with Crippen LogP contribution in [0.15, 0.2) is 97.2 Å². The third kappa shape index (κ3) is 6.18. The lowest BCUT2D eigenvalue weighted by atomic mass is 9.71. The number of benzene rings is 4. The van der Waals surface area contributed by atoms with Crippen molar-refractivity contribution in [2.45, 2.75) is 77.8 Å².